The topological polar surface area (TPSA) is 800 Å². The van der Waals surface area contributed by atoms with E-state index in [1.807, 2.05) is 0 Å². The first-order valence-electron chi connectivity index (χ1n) is 34.2. The molecule has 10 atom stereocenters. The number of carbonyl (C=O) groups is 9. The van der Waals surface area contributed by atoms with Crippen LogP contribution < -0.4 is 9.47 Å². The second kappa shape index (κ2) is 30.3. The fourth-order valence-corrected chi connectivity index (χ4v) is 13.2. The minimum Gasteiger partial charge on any atom is -0.504 e. The lowest BCUT2D eigenvalue weighted by Gasteiger charge is -2.44. The molecule has 0 aliphatic carbocycles. The Morgan fingerprint density at radius 1 is 0.309 bits per heavy atom. The Kier molecular flexibility index (Phi) is 20.3. The lowest BCUT2D eigenvalue weighted by molar-refractivity contribution is -0.284. The summed E-state index contributed by atoms with van der Waals surface area (Å²) in [7, 11) is 0. The normalized spacial score (nSPS) is 20.4. The second-order valence-electron chi connectivity index (χ2n) is 26.7. The van der Waals surface area contributed by atoms with Gasteiger partial charge in [0.15, 0.2) is 158 Å². The molecule has 123 heavy (non-hydrogen) atoms. The minimum atomic E-state index is -3.05. The zero-order valence-corrected chi connectivity index (χ0v) is 60.2. The highest BCUT2D eigenvalue weighted by Gasteiger charge is 2.58. The second-order valence-corrected chi connectivity index (χ2v) is 26.7. The van der Waals surface area contributed by atoms with Crippen LogP contribution in [0.3, 0.4) is 0 Å². The number of phenolic OH excluding ortho intramolecular Hbond substituents is 25. The van der Waals surface area contributed by atoms with E-state index in [9.17, 15) is 152 Å². The maximum Gasteiger partial charge on any atom is 0.342 e. The van der Waals surface area contributed by atoms with Crippen molar-refractivity contribution in [2.24, 2.45) is 0 Å². The van der Waals surface area contributed by atoms with Crippen molar-refractivity contribution in [2.45, 2.75) is 61.4 Å². The summed E-state index contributed by atoms with van der Waals surface area (Å²) in [5, 5.41) is 291. The Labute approximate surface area is 675 Å². The van der Waals surface area contributed by atoms with Crippen LogP contribution in [0.15, 0.2) is 72.8 Å². The number of ether oxygens (including phenoxy) is 13. The summed E-state index contributed by atoms with van der Waals surface area (Å²) < 4.78 is 74.4. The monoisotopic (exact) mass is 1720 g/mol. The van der Waals surface area contributed by atoms with Crippen LogP contribution in [0, 0.1) is 0 Å². The van der Waals surface area contributed by atoms with Crippen LogP contribution >= 0.6 is 0 Å². The number of aromatic hydroxyl groups is 25. The third-order valence-corrected chi connectivity index (χ3v) is 19.2. The fraction of sp³-hybridized carbons (Fsp3) is 0.160. The van der Waals surface area contributed by atoms with E-state index in [1.54, 1.807) is 0 Å². The molecule has 0 spiro atoms. The molecule has 2 saturated heterocycles. The fourth-order valence-electron chi connectivity index (χ4n) is 13.2. The highest BCUT2D eigenvalue weighted by molar-refractivity contribution is 6.11. The molecule has 0 amide bonds. The van der Waals surface area contributed by atoms with Crippen molar-refractivity contribution in [1.29, 1.82) is 0 Å². The highest BCUT2D eigenvalue weighted by Crippen LogP contribution is 2.59. The van der Waals surface area contributed by atoms with Crippen LogP contribution in [0.25, 0.3) is 22.3 Å². The summed E-state index contributed by atoms with van der Waals surface area (Å²) in [6.07, 6.45) is -29.0. The lowest BCUT2D eigenvalue weighted by atomic mass is 9.91. The zero-order valence-electron chi connectivity index (χ0n) is 60.2. The number of benzene rings is 9. The van der Waals surface area contributed by atoms with E-state index in [0.717, 1.165) is 0 Å². The third kappa shape index (κ3) is 14.0. The van der Waals surface area contributed by atoms with E-state index < -0.39 is 367 Å². The molecule has 9 aromatic rings. The van der Waals surface area contributed by atoms with Gasteiger partial charge in [-0.15, -0.1) is 0 Å². The first kappa shape index (κ1) is 82.2. The predicted molar refractivity (Wildman–Crippen MR) is 378 cm³/mol. The number of hydrogen-bond acceptors (Lipinski definition) is 48. The van der Waals surface area contributed by atoms with Gasteiger partial charge in [0.2, 0.25) is 58.4 Å². The van der Waals surface area contributed by atoms with Gasteiger partial charge in [0.05, 0.1) is 38.9 Å². The van der Waals surface area contributed by atoms with Gasteiger partial charge >= 0.3 is 53.7 Å². The number of aliphatic hydroxyl groups is 1. The summed E-state index contributed by atoms with van der Waals surface area (Å²) in [4.78, 5) is 135. The zero-order chi connectivity index (χ0) is 89.3. The van der Waals surface area contributed by atoms with Gasteiger partial charge < -0.3 is 194 Å². The Hall–Kier alpha value is -17.3. The number of aliphatic hydroxyl groups excluding tert-OH is 1. The van der Waals surface area contributed by atoms with Crippen molar-refractivity contribution < 1.29 is 237 Å². The molecule has 48 nitrogen and oxygen atoms in total. The molecule has 6 heterocycles. The van der Waals surface area contributed by atoms with Crippen molar-refractivity contribution in [3.05, 3.63) is 123 Å². The molecule has 6 aliphatic heterocycles. The minimum absolute atomic E-state index is 0.0942. The third-order valence-electron chi connectivity index (χ3n) is 19.2. The van der Waals surface area contributed by atoms with Crippen LogP contribution in [0.1, 0.15) is 93.2 Å². The van der Waals surface area contributed by atoms with Gasteiger partial charge in [-0.1, -0.05) is 0 Å². The van der Waals surface area contributed by atoms with Gasteiger partial charge in [-0.2, -0.15) is 0 Å². The van der Waals surface area contributed by atoms with Crippen molar-refractivity contribution in [2.75, 3.05) is 13.2 Å². The van der Waals surface area contributed by atoms with E-state index in [1.165, 1.54) is 0 Å². The molecule has 48 heteroatoms. The smallest absolute Gasteiger partial charge is 0.342 e. The molecular weight excluding hydrogens is 1670 g/mol. The molecule has 9 bridgehead atoms. The van der Waals surface area contributed by atoms with Crippen molar-refractivity contribution in [3.63, 3.8) is 0 Å². The lowest BCUT2D eigenvalue weighted by Crippen LogP contribution is -2.63. The van der Waals surface area contributed by atoms with Gasteiger partial charge in [0.1, 0.15) is 36.5 Å². The summed E-state index contributed by atoms with van der Waals surface area (Å²) in [6, 6.07) is 3.41. The van der Waals surface area contributed by atoms with Crippen molar-refractivity contribution in [1.82, 2.24) is 0 Å². The molecule has 0 radical (unpaired) electrons. The highest BCUT2D eigenvalue weighted by atomic mass is 16.8. The molecule has 0 aromatic heterocycles. The van der Waals surface area contributed by atoms with E-state index in [2.05, 4.69) is 0 Å². The largest absolute Gasteiger partial charge is 0.504 e. The molecule has 26 N–H and O–H groups in total. The first-order chi connectivity index (χ1) is 58.0. The van der Waals surface area contributed by atoms with Crippen LogP contribution in [0.5, 0.6) is 167 Å². The summed E-state index contributed by atoms with van der Waals surface area (Å²) in [5.74, 6) is -64.4. The standard InChI is InChI=1S/C75H52O48/c76-24-1-15(2-25(77)42(24)86)65(101)111-14-37-60-62(120-67(103)17-5-28(80)44(88)29(81)6-17)64-75(116-37)123-71(107)21-12-35(50(94)54(98)41(21)39-19(69(105)122-64)8-31(83)46(90)52(39)96)114-58-23(10-33(85)48(92)56(58)100)73(109)121-63-61(119-66(102)16-3-26(78)43(87)27(79)4-16)59-36(115-74(63)110)13-112-68(104)18-7-30(82)45(89)51(95)38(18)40-20(70(106)117-59)11-34(49(93)53(40)97)113-57-22(72(108)118-60)9-32(84)47(91)55(57)99/h1-12,36-37,59-64,74-100,110H,13-14H2. The van der Waals surface area contributed by atoms with Gasteiger partial charge in [0, 0.05) is 46.5 Å². The Balaban J connectivity index is 1.05. The van der Waals surface area contributed by atoms with Gasteiger partial charge in [-0.05, 0) is 48.5 Å². The maximum atomic E-state index is 15.7. The van der Waals surface area contributed by atoms with Gasteiger partial charge in [0.25, 0.3) is 0 Å². The van der Waals surface area contributed by atoms with Crippen LogP contribution in [-0.4, -0.2) is 261 Å². The number of phenols is 25. The van der Waals surface area contributed by atoms with Gasteiger partial charge in [-0.25, -0.2) is 43.2 Å². The Morgan fingerprint density at radius 2 is 0.618 bits per heavy atom. The number of esters is 9. The molecular formula is C75H52O48. The number of hydrogen-bond donors (Lipinski definition) is 26. The molecule has 640 valence electrons. The number of fused-ring (bicyclic) bond motifs is 7. The number of cyclic esters (lactones) is 1. The summed E-state index contributed by atoms with van der Waals surface area (Å²) >= 11 is 0. The SMILES string of the molecule is O=C(OCC1OC2OC(=O)c3cc4c(O)c(O)c3-c3c(cc(O)c(O)c3O)C(=O)OC2C(OC(=O)c2cc(O)c(O)c(O)c2)C1OC(=O)c1cc(O)c(O)c(O)c1Oc1cc2c(c(O)c1O)-c1c(cc(O)c(O)c1O)C(=O)OCC1OC(O)C(OC(=O)c3cc(O)c(O)c(O)c3O4)C(OC(=O)c3cc(O)c(O)c(O)c3)C1OC2=O)c1cc(O)c(O)c(O)c1. The first-order valence-corrected chi connectivity index (χ1v) is 34.2. The predicted octanol–water partition coefficient (Wildman–Crippen LogP) is 3.15. The van der Waals surface area contributed by atoms with E-state index in [0.29, 0.717) is 36.4 Å². The molecule has 15 rings (SSSR count). The molecule has 9 aromatic carbocycles. The Morgan fingerprint density at radius 3 is 1.03 bits per heavy atom. The Bertz CT molecular complexity index is 6070. The molecule has 2 fully saturated rings. The van der Waals surface area contributed by atoms with Crippen LogP contribution in [0.2, 0.25) is 0 Å². The quantitative estimate of drug-likeness (QED) is 0.0619. The average molecular weight is 1720 g/mol. The van der Waals surface area contributed by atoms with E-state index in [4.69, 9.17) is 61.6 Å². The van der Waals surface area contributed by atoms with Crippen LogP contribution in [0.4, 0.5) is 0 Å². The summed E-state index contributed by atoms with van der Waals surface area (Å²) in [5.41, 5.74) is -17.7. The van der Waals surface area contributed by atoms with Crippen molar-refractivity contribution >= 4 is 53.7 Å². The number of carbonyl (C=O) groups excluding carboxylic acids is 9. The van der Waals surface area contributed by atoms with Crippen molar-refractivity contribution in [3.8, 4) is 189 Å². The van der Waals surface area contributed by atoms with E-state index >= 15 is 24.0 Å². The van der Waals surface area contributed by atoms with Crippen LogP contribution in [-0.2, 0) is 52.1 Å². The van der Waals surface area contributed by atoms with Gasteiger partial charge in [-0.3, -0.25) is 0 Å². The summed E-state index contributed by atoms with van der Waals surface area (Å²) in [6.45, 7) is -3.15. The van der Waals surface area contributed by atoms with E-state index in [-0.39, 0.29) is 36.4 Å². The molecule has 6 aliphatic rings. The molecule has 0 saturated carbocycles. The maximum absolute atomic E-state index is 15.7. The average Bonchev–Trinajstić information content (AvgIpc) is 0.743. The number of rotatable bonds is 7. The molecule has 10 unspecified atom stereocenters.